The largest absolute Gasteiger partial charge is 0.494 e. The van der Waals surface area contributed by atoms with Gasteiger partial charge in [-0.3, -0.25) is 0 Å². The number of rotatable bonds is 7. The quantitative estimate of drug-likeness (QED) is 0.524. The highest BCUT2D eigenvalue weighted by atomic mass is 28.3. The summed E-state index contributed by atoms with van der Waals surface area (Å²) in [4.78, 5) is 1.49. The zero-order chi connectivity index (χ0) is 20.6. The highest BCUT2D eigenvalue weighted by Gasteiger charge is 2.51. The fourth-order valence-corrected chi connectivity index (χ4v) is 3.50. The first-order chi connectivity index (χ1) is 13.0. The second kappa shape index (κ2) is 7.70. The van der Waals surface area contributed by atoms with Gasteiger partial charge in [0.25, 0.3) is 0 Å². The van der Waals surface area contributed by atoms with Crippen molar-refractivity contribution in [3.63, 3.8) is 0 Å². The van der Waals surface area contributed by atoms with Gasteiger partial charge in [-0.15, -0.1) is 15.0 Å². The van der Waals surface area contributed by atoms with Gasteiger partial charge in [-0.2, -0.15) is 0 Å². The lowest BCUT2D eigenvalue weighted by Crippen LogP contribution is -2.41. The lowest BCUT2D eigenvalue weighted by atomic mass is 9.78. The van der Waals surface area contributed by atoms with Crippen LogP contribution < -0.4 is 5.46 Å². The molecule has 0 N–H and O–H groups in total. The van der Waals surface area contributed by atoms with E-state index in [-0.39, 0.29) is 11.2 Å². The lowest BCUT2D eigenvalue weighted by Gasteiger charge is -2.32. The molecule has 1 aromatic carbocycles. The average molecular weight is 402 g/mol. The van der Waals surface area contributed by atoms with Crippen molar-refractivity contribution in [3.8, 4) is 11.4 Å². The van der Waals surface area contributed by atoms with Gasteiger partial charge in [-0.25, -0.2) is 0 Å². The molecule has 7 nitrogen and oxygen atoms in total. The Morgan fingerprint density at radius 3 is 2.43 bits per heavy atom. The molecule has 0 unspecified atom stereocenters. The second-order valence-corrected chi connectivity index (χ2v) is 15.2. The topological polar surface area (TPSA) is 71.3 Å². The highest BCUT2D eigenvalue weighted by molar-refractivity contribution is 6.76. The molecule has 3 rings (SSSR count). The summed E-state index contributed by atoms with van der Waals surface area (Å²) in [6.07, 6.45) is 0. The van der Waals surface area contributed by atoms with Crippen LogP contribution in [-0.2, 0) is 20.8 Å². The number of ether oxygens (including phenoxy) is 1. The van der Waals surface area contributed by atoms with Crippen LogP contribution >= 0.6 is 0 Å². The molecule has 152 valence electrons. The third kappa shape index (κ3) is 4.89. The van der Waals surface area contributed by atoms with Crippen LogP contribution in [0.1, 0.15) is 27.7 Å². The Morgan fingerprint density at radius 2 is 1.79 bits per heavy atom. The van der Waals surface area contributed by atoms with Crippen LogP contribution in [0, 0.1) is 0 Å². The fourth-order valence-electron chi connectivity index (χ4n) is 2.74. The van der Waals surface area contributed by atoms with Crippen molar-refractivity contribution < 1.29 is 14.0 Å². The van der Waals surface area contributed by atoms with Crippen molar-refractivity contribution in [1.82, 2.24) is 20.2 Å². The molecular formula is C19H31BN4O3Si. The van der Waals surface area contributed by atoms with Crippen molar-refractivity contribution in [3.05, 3.63) is 24.3 Å². The maximum Gasteiger partial charge on any atom is 0.494 e. The van der Waals surface area contributed by atoms with E-state index >= 15 is 0 Å². The molecule has 1 fully saturated rings. The van der Waals surface area contributed by atoms with Crippen LogP contribution in [0.2, 0.25) is 25.7 Å². The Morgan fingerprint density at radius 1 is 1.11 bits per heavy atom. The summed E-state index contributed by atoms with van der Waals surface area (Å²) in [5, 5.41) is 12.7. The van der Waals surface area contributed by atoms with Crippen LogP contribution in [0.15, 0.2) is 24.3 Å². The smallest absolute Gasteiger partial charge is 0.399 e. The molecule has 1 saturated heterocycles. The minimum atomic E-state index is -1.10. The van der Waals surface area contributed by atoms with Crippen LogP contribution in [0.25, 0.3) is 11.4 Å². The maximum absolute atomic E-state index is 6.14. The molecule has 1 aliphatic rings. The van der Waals surface area contributed by atoms with Crippen LogP contribution in [0.4, 0.5) is 0 Å². The summed E-state index contributed by atoms with van der Waals surface area (Å²) in [6, 6.07) is 9.03. The molecule has 1 aliphatic heterocycles. The Hall–Kier alpha value is -1.55. The minimum absolute atomic E-state index is 0.314. The summed E-state index contributed by atoms with van der Waals surface area (Å²) in [6.45, 7) is 16.2. The number of tetrazole rings is 1. The fraction of sp³-hybridized carbons (Fsp3) is 0.632. The minimum Gasteiger partial charge on any atom is -0.399 e. The van der Waals surface area contributed by atoms with Crippen molar-refractivity contribution in [2.45, 2.75) is 71.3 Å². The van der Waals surface area contributed by atoms with Crippen molar-refractivity contribution in [1.29, 1.82) is 0 Å². The lowest BCUT2D eigenvalue weighted by molar-refractivity contribution is 0.00578. The molecule has 0 bridgehead atoms. The van der Waals surface area contributed by atoms with Gasteiger partial charge < -0.3 is 14.0 Å². The molecule has 28 heavy (non-hydrogen) atoms. The van der Waals surface area contributed by atoms with Gasteiger partial charge in [0.15, 0.2) is 6.73 Å². The predicted molar refractivity (Wildman–Crippen MR) is 113 cm³/mol. The normalized spacial score (nSPS) is 18.6. The molecular weight excluding hydrogens is 371 g/mol. The first kappa shape index (κ1) is 21.2. The molecule has 0 atom stereocenters. The first-order valence-electron chi connectivity index (χ1n) is 9.78. The number of aromatic nitrogens is 4. The van der Waals surface area contributed by atoms with Gasteiger partial charge >= 0.3 is 7.12 Å². The van der Waals surface area contributed by atoms with E-state index in [2.05, 4.69) is 35.1 Å². The van der Waals surface area contributed by atoms with Crippen LogP contribution in [0.3, 0.4) is 0 Å². The zero-order valence-electron chi connectivity index (χ0n) is 18.0. The molecule has 1 aromatic heterocycles. The zero-order valence-corrected chi connectivity index (χ0v) is 19.0. The van der Waals surface area contributed by atoms with Gasteiger partial charge in [0.1, 0.15) is 0 Å². The number of benzene rings is 1. The van der Waals surface area contributed by atoms with E-state index in [1.54, 1.807) is 0 Å². The van der Waals surface area contributed by atoms with E-state index in [9.17, 15) is 0 Å². The van der Waals surface area contributed by atoms with E-state index in [1.165, 1.54) is 4.80 Å². The van der Waals surface area contributed by atoms with Gasteiger partial charge in [0.05, 0.1) is 11.2 Å². The van der Waals surface area contributed by atoms with Gasteiger partial charge in [0.2, 0.25) is 5.82 Å². The Kier molecular flexibility index (Phi) is 5.82. The summed E-state index contributed by atoms with van der Waals surface area (Å²) >= 11 is 0. The molecule has 0 spiro atoms. The van der Waals surface area contributed by atoms with E-state index < -0.39 is 15.2 Å². The maximum atomic E-state index is 6.14. The molecule has 2 heterocycles. The Labute approximate surface area is 168 Å². The SMILES string of the molecule is CC1(C)OB(c2cccc(-c3nnn(COCC[Si](C)(C)C)n3)c2)OC1(C)C. The number of hydrogen-bond donors (Lipinski definition) is 0. The summed E-state index contributed by atoms with van der Waals surface area (Å²) < 4.78 is 18.0. The van der Waals surface area contributed by atoms with E-state index in [1.807, 2.05) is 52.0 Å². The van der Waals surface area contributed by atoms with Gasteiger partial charge in [-0.05, 0) is 44.4 Å². The Balaban J connectivity index is 1.66. The predicted octanol–water partition coefficient (Wildman–Crippen LogP) is 2.95. The van der Waals surface area contributed by atoms with Crippen LogP contribution in [0.5, 0.6) is 0 Å². The molecule has 0 aliphatic carbocycles. The number of hydrogen-bond acceptors (Lipinski definition) is 6. The average Bonchev–Trinajstić information content (AvgIpc) is 3.13. The van der Waals surface area contributed by atoms with E-state index in [0.717, 1.165) is 23.7 Å². The van der Waals surface area contributed by atoms with Gasteiger partial charge in [0, 0.05) is 20.2 Å². The van der Waals surface area contributed by atoms with Crippen molar-refractivity contribution in [2.24, 2.45) is 0 Å². The summed E-state index contributed by atoms with van der Waals surface area (Å²) in [5.41, 5.74) is 1.07. The van der Waals surface area contributed by atoms with Crippen LogP contribution in [-0.4, -0.2) is 53.2 Å². The highest BCUT2D eigenvalue weighted by Crippen LogP contribution is 2.36. The molecule has 0 saturated carbocycles. The molecule has 9 heteroatoms. The Bertz CT molecular complexity index is 804. The van der Waals surface area contributed by atoms with Crippen molar-refractivity contribution in [2.75, 3.05) is 6.61 Å². The monoisotopic (exact) mass is 402 g/mol. The molecule has 0 amide bonds. The summed E-state index contributed by atoms with van der Waals surface area (Å²) in [7, 11) is -1.51. The standard InChI is InChI=1S/C19H31BN4O3Si/c1-18(2)19(3,4)27-20(26-18)16-10-8-9-15(13-16)17-21-23-24(22-17)14-25-11-12-28(5,6)7/h8-10,13H,11-12,14H2,1-7H3. The van der Waals surface area contributed by atoms with Gasteiger partial charge in [-0.1, -0.05) is 43.9 Å². The second-order valence-electron chi connectivity index (χ2n) is 9.55. The molecule has 0 radical (unpaired) electrons. The van der Waals surface area contributed by atoms with Crippen molar-refractivity contribution >= 4 is 20.7 Å². The molecule has 2 aromatic rings. The third-order valence-electron chi connectivity index (χ3n) is 5.33. The summed E-state index contributed by atoms with van der Waals surface area (Å²) in [5.74, 6) is 0.562. The number of nitrogens with zero attached hydrogens (tertiary/aromatic N) is 4. The van der Waals surface area contributed by atoms with E-state index in [0.29, 0.717) is 12.6 Å². The van der Waals surface area contributed by atoms with E-state index in [4.69, 9.17) is 14.0 Å². The third-order valence-corrected chi connectivity index (χ3v) is 7.03. The first-order valence-corrected chi connectivity index (χ1v) is 13.5.